The highest BCUT2D eigenvalue weighted by Gasteiger charge is 2.24. The summed E-state index contributed by atoms with van der Waals surface area (Å²) in [6.07, 6.45) is 8.69. The zero-order valence-corrected chi connectivity index (χ0v) is 18.4. The minimum atomic E-state index is -0.0494. The lowest BCUT2D eigenvalue weighted by atomic mass is 9.93. The Morgan fingerprint density at radius 3 is 2.33 bits per heavy atom. The maximum Gasteiger partial charge on any atom is 0.321 e. The van der Waals surface area contributed by atoms with E-state index in [1.165, 1.54) is 38.8 Å². The Bertz CT molecular complexity index is 650. The fourth-order valence-corrected chi connectivity index (χ4v) is 4.54. The summed E-state index contributed by atoms with van der Waals surface area (Å²) in [4.78, 5) is 29.2. The Hall–Kier alpha value is -2.08. The molecular formula is C24H38N4O2. The van der Waals surface area contributed by atoms with Crippen LogP contribution in [0.3, 0.4) is 0 Å². The van der Waals surface area contributed by atoms with E-state index in [0.717, 1.165) is 31.5 Å². The number of piperidine rings is 1. The van der Waals surface area contributed by atoms with Crippen molar-refractivity contribution in [3.8, 4) is 0 Å². The van der Waals surface area contributed by atoms with Crippen molar-refractivity contribution in [1.82, 2.24) is 15.1 Å². The van der Waals surface area contributed by atoms with E-state index in [0.29, 0.717) is 31.5 Å². The first-order valence-electron chi connectivity index (χ1n) is 11.7. The van der Waals surface area contributed by atoms with Crippen molar-refractivity contribution in [3.63, 3.8) is 0 Å². The van der Waals surface area contributed by atoms with E-state index in [9.17, 15) is 9.59 Å². The fraction of sp³-hybridized carbons (Fsp3) is 0.667. The lowest BCUT2D eigenvalue weighted by Gasteiger charge is -2.32. The first-order valence-corrected chi connectivity index (χ1v) is 11.7. The van der Waals surface area contributed by atoms with Gasteiger partial charge in [-0.3, -0.25) is 4.79 Å². The van der Waals surface area contributed by atoms with Gasteiger partial charge in [0.15, 0.2) is 0 Å². The van der Waals surface area contributed by atoms with E-state index in [1.807, 2.05) is 35.2 Å². The van der Waals surface area contributed by atoms with Crippen molar-refractivity contribution in [1.29, 1.82) is 0 Å². The number of para-hydroxylation sites is 1. The molecule has 6 nitrogen and oxygen atoms in total. The van der Waals surface area contributed by atoms with Crippen molar-refractivity contribution < 1.29 is 9.59 Å². The Balaban J connectivity index is 1.29. The van der Waals surface area contributed by atoms with Crippen LogP contribution in [0.25, 0.3) is 0 Å². The third kappa shape index (κ3) is 7.31. The van der Waals surface area contributed by atoms with Gasteiger partial charge < -0.3 is 20.4 Å². The van der Waals surface area contributed by atoms with Crippen LogP contribution in [0.5, 0.6) is 0 Å². The number of likely N-dealkylation sites (tertiary alicyclic amines) is 2. The zero-order valence-electron chi connectivity index (χ0n) is 18.4. The highest BCUT2D eigenvalue weighted by Crippen LogP contribution is 2.21. The molecule has 30 heavy (non-hydrogen) atoms. The molecule has 0 radical (unpaired) electrons. The van der Waals surface area contributed by atoms with E-state index in [2.05, 4.69) is 22.5 Å². The molecule has 0 unspecified atom stereocenters. The summed E-state index contributed by atoms with van der Waals surface area (Å²) in [5, 5.41) is 6.06. The van der Waals surface area contributed by atoms with Gasteiger partial charge in [0.2, 0.25) is 5.91 Å². The number of hydrogen-bond donors (Lipinski definition) is 2. The van der Waals surface area contributed by atoms with E-state index >= 15 is 0 Å². The highest BCUT2D eigenvalue weighted by molar-refractivity contribution is 5.89. The Morgan fingerprint density at radius 2 is 1.67 bits per heavy atom. The third-order valence-electron chi connectivity index (χ3n) is 6.55. The standard InChI is InChI=1S/C24H38N4O2/c1-20(27-15-7-2-3-8-16-27)11-14-25-23(29)19-21-12-17-28(18-13-21)24(30)26-22-9-5-4-6-10-22/h4-6,9-10,20-21H,2-3,7-8,11-19H2,1H3,(H,25,29)(H,26,30)/t20-/m1/s1. The van der Waals surface area contributed by atoms with Crippen LogP contribution in [0.1, 0.15) is 58.3 Å². The zero-order chi connectivity index (χ0) is 21.2. The summed E-state index contributed by atoms with van der Waals surface area (Å²) < 4.78 is 0. The Kier molecular flexibility index (Phi) is 9.00. The summed E-state index contributed by atoms with van der Waals surface area (Å²) in [7, 11) is 0. The normalized spacial score (nSPS) is 19.7. The molecule has 2 aliphatic heterocycles. The second-order valence-electron chi connectivity index (χ2n) is 8.87. The fourth-order valence-electron chi connectivity index (χ4n) is 4.54. The molecule has 2 saturated heterocycles. The monoisotopic (exact) mass is 414 g/mol. The molecule has 0 aliphatic carbocycles. The van der Waals surface area contributed by atoms with E-state index in [1.54, 1.807) is 0 Å². The molecule has 0 saturated carbocycles. The van der Waals surface area contributed by atoms with Crippen LogP contribution in [0, 0.1) is 5.92 Å². The quantitative estimate of drug-likeness (QED) is 0.706. The third-order valence-corrected chi connectivity index (χ3v) is 6.55. The number of benzene rings is 1. The lowest BCUT2D eigenvalue weighted by molar-refractivity contribution is -0.122. The first-order chi connectivity index (χ1) is 14.6. The molecule has 166 valence electrons. The Morgan fingerprint density at radius 1 is 1.00 bits per heavy atom. The van der Waals surface area contributed by atoms with Crippen LogP contribution < -0.4 is 10.6 Å². The van der Waals surface area contributed by atoms with Gasteiger partial charge in [-0.05, 0) is 70.2 Å². The number of nitrogens with zero attached hydrogens (tertiary/aromatic N) is 2. The molecule has 2 N–H and O–H groups in total. The van der Waals surface area contributed by atoms with Crippen LogP contribution in [-0.2, 0) is 4.79 Å². The average molecular weight is 415 g/mol. The molecule has 2 aliphatic rings. The van der Waals surface area contributed by atoms with Gasteiger partial charge in [-0.1, -0.05) is 31.0 Å². The summed E-state index contributed by atoms with van der Waals surface area (Å²) in [6, 6.07) is 10.0. The molecular weight excluding hydrogens is 376 g/mol. The predicted octanol–water partition coefficient (Wildman–Crippen LogP) is 4.09. The van der Waals surface area contributed by atoms with Gasteiger partial charge >= 0.3 is 6.03 Å². The Labute approximate surface area is 181 Å². The van der Waals surface area contributed by atoms with Crippen LogP contribution in [-0.4, -0.2) is 60.5 Å². The topological polar surface area (TPSA) is 64.7 Å². The molecule has 1 aromatic rings. The van der Waals surface area contributed by atoms with E-state index in [-0.39, 0.29) is 11.9 Å². The van der Waals surface area contributed by atoms with E-state index < -0.39 is 0 Å². The van der Waals surface area contributed by atoms with Gasteiger partial charge in [-0.2, -0.15) is 0 Å². The summed E-state index contributed by atoms with van der Waals surface area (Å²) in [6.45, 7) is 6.87. The highest BCUT2D eigenvalue weighted by atomic mass is 16.2. The molecule has 3 amide bonds. The number of carbonyl (C=O) groups is 2. The molecule has 2 heterocycles. The largest absolute Gasteiger partial charge is 0.356 e. The molecule has 0 aromatic heterocycles. The first kappa shape index (κ1) is 22.6. The molecule has 1 atom stereocenters. The smallest absolute Gasteiger partial charge is 0.321 e. The second-order valence-corrected chi connectivity index (χ2v) is 8.87. The van der Waals surface area contributed by atoms with Crippen LogP contribution >= 0.6 is 0 Å². The van der Waals surface area contributed by atoms with Gasteiger partial charge in [0.1, 0.15) is 0 Å². The summed E-state index contributed by atoms with van der Waals surface area (Å²) >= 11 is 0. The second kappa shape index (κ2) is 11.9. The number of urea groups is 1. The van der Waals surface area contributed by atoms with Gasteiger partial charge in [0.25, 0.3) is 0 Å². The maximum atomic E-state index is 12.4. The maximum absolute atomic E-state index is 12.4. The molecule has 2 fully saturated rings. The lowest BCUT2D eigenvalue weighted by Crippen LogP contribution is -2.42. The van der Waals surface area contributed by atoms with Gasteiger partial charge in [0.05, 0.1) is 0 Å². The molecule has 0 spiro atoms. The van der Waals surface area contributed by atoms with Gasteiger partial charge in [0, 0.05) is 37.8 Å². The van der Waals surface area contributed by atoms with Crippen molar-refractivity contribution in [3.05, 3.63) is 30.3 Å². The van der Waals surface area contributed by atoms with Crippen molar-refractivity contribution >= 4 is 17.6 Å². The number of rotatable bonds is 7. The minimum absolute atomic E-state index is 0.0494. The van der Waals surface area contributed by atoms with Crippen molar-refractivity contribution in [2.45, 2.75) is 64.3 Å². The van der Waals surface area contributed by atoms with Crippen LogP contribution in [0.4, 0.5) is 10.5 Å². The number of anilines is 1. The number of carbonyl (C=O) groups excluding carboxylic acids is 2. The predicted molar refractivity (Wildman–Crippen MR) is 122 cm³/mol. The molecule has 0 bridgehead atoms. The number of nitrogens with one attached hydrogen (secondary N) is 2. The van der Waals surface area contributed by atoms with Crippen molar-refractivity contribution in [2.75, 3.05) is 38.0 Å². The minimum Gasteiger partial charge on any atom is -0.356 e. The van der Waals surface area contributed by atoms with Gasteiger partial charge in [-0.15, -0.1) is 0 Å². The number of amides is 3. The van der Waals surface area contributed by atoms with E-state index in [4.69, 9.17) is 0 Å². The summed E-state index contributed by atoms with van der Waals surface area (Å²) in [5.74, 6) is 0.527. The van der Waals surface area contributed by atoms with Crippen molar-refractivity contribution in [2.24, 2.45) is 5.92 Å². The molecule has 6 heteroatoms. The van der Waals surface area contributed by atoms with Gasteiger partial charge in [-0.25, -0.2) is 4.79 Å². The molecule has 3 rings (SSSR count). The van der Waals surface area contributed by atoms with Crippen LogP contribution in [0.2, 0.25) is 0 Å². The SMILES string of the molecule is C[C@H](CCNC(=O)CC1CCN(C(=O)Nc2ccccc2)CC1)N1CCCCCC1. The summed E-state index contributed by atoms with van der Waals surface area (Å²) in [5.41, 5.74) is 0.818. The molecule has 1 aromatic carbocycles. The number of hydrogen-bond acceptors (Lipinski definition) is 3. The average Bonchev–Trinajstić information content (AvgIpc) is 3.04. The van der Waals surface area contributed by atoms with Crippen LogP contribution in [0.15, 0.2) is 30.3 Å².